The smallest absolute Gasteiger partial charge is 0.150 e. The lowest BCUT2D eigenvalue weighted by Gasteiger charge is -2.37. The highest BCUT2D eigenvalue weighted by Gasteiger charge is 2.28. The largest absolute Gasteiger partial charge is 0.316 e. The molecular weight excluding hydrogens is 1320 g/mol. The first-order valence-corrected chi connectivity index (χ1v) is 37.8. The fourth-order valence-corrected chi connectivity index (χ4v) is 14.8. The number of nitrogens with zero attached hydrogens (tertiary/aromatic N) is 8. The van der Waals surface area contributed by atoms with Gasteiger partial charge in [-0.3, -0.25) is 9.80 Å². The molecule has 102 heavy (non-hydrogen) atoms. The van der Waals surface area contributed by atoms with Crippen LogP contribution in [0.3, 0.4) is 0 Å². The standard InChI is InChI=1S/C28H33F3N4.C27H31F2N3O2S.C26H30F2N4/c1-2-35(19-22-6-4-11-32-17-22)18-21-8-9-26(31)25(15-21)27-10-12-33-28(34-27)7-3-5-20-13-23(29)16-24(30)14-20;1-35(33,34)25(16-21-8-10-30-18-21)15-19-4-2-6-22(12-19)26-9-11-31-27(32-26)7-3-5-20-13-23(28)17-24(29)14-20;1-18-16-32(19(2)15-30-18)17-21-6-3-7-22(11-21)25-9-10-29-26(31-25)8-4-5-20-12-23(27)14-24(28)13-20/h8-10,12-16,22,32H,2-7,11,17-19H2,1H3;2,4,6,9,11-14,17,21,25,30H,3,5,7-8,10,15-16,18H2,1H3;3,6-7,9-14,18-19,30H,4-5,8,15-17H2,1-2H3/t22-;21-,25?;18-,19-/m010/s1. The second-order valence-corrected chi connectivity index (χ2v) is 29.9. The Morgan fingerprint density at radius 2 is 1.03 bits per heavy atom. The van der Waals surface area contributed by atoms with Gasteiger partial charge in [0, 0.05) is 124 Å². The van der Waals surface area contributed by atoms with Crippen molar-refractivity contribution in [2.45, 2.75) is 141 Å². The lowest BCUT2D eigenvalue weighted by atomic mass is 9.97. The maximum atomic E-state index is 14.8. The molecule has 0 aliphatic carbocycles. The van der Waals surface area contributed by atoms with E-state index in [0.717, 1.165) is 136 Å². The first-order valence-electron chi connectivity index (χ1n) is 35.8. The van der Waals surface area contributed by atoms with Crippen molar-refractivity contribution in [1.82, 2.24) is 55.7 Å². The Bertz CT molecular complexity index is 4230. The summed E-state index contributed by atoms with van der Waals surface area (Å²) in [7, 11) is -3.17. The number of hydrogen-bond acceptors (Lipinski definition) is 13. The van der Waals surface area contributed by atoms with E-state index in [1.54, 1.807) is 24.7 Å². The van der Waals surface area contributed by atoms with Gasteiger partial charge in [0.2, 0.25) is 0 Å². The number of piperidine rings is 1. The molecule has 0 amide bonds. The first-order chi connectivity index (χ1) is 49.2. The van der Waals surface area contributed by atoms with Gasteiger partial charge >= 0.3 is 0 Å². The molecule has 0 spiro atoms. The summed E-state index contributed by atoms with van der Waals surface area (Å²) in [5, 5.41) is 9.91. The maximum Gasteiger partial charge on any atom is 0.150 e. The number of piperazine rings is 1. The summed E-state index contributed by atoms with van der Waals surface area (Å²) in [5.74, 6) is -0.656. The minimum absolute atomic E-state index is 0.312. The van der Waals surface area contributed by atoms with E-state index in [-0.39, 0.29) is 5.82 Å². The molecule has 0 radical (unpaired) electrons. The van der Waals surface area contributed by atoms with Crippen LogP contribution in [0, 0.1) is 52.6 Å². The van der Waals surface area contributed by atoms with E-state index in [9.17, 15) is 39.2 Å². The minimum Gasteiger partial charge on any atom is -0.316 e. The number of nitrogens with one attached hydrogen (secondary N) is 3. The molecule has 13 nitrogen and oxygen atoms in total. The van der Waals surface area contributed by atoms with Crippen LogP contribution in [0.25, 0.3) is 33.8 Å². The quantitative estimate of drug-likeness (QED) is 0.0419. The van der Waals surface area contributed by atoms with Crippen LogP contribution in [0.2, 0.25) is 0 Å². The highest BCUT2D eigenvalue weighted by molar-refractivity contribution is 7.91. The lowest BCUT2D eigenvalue weighted by molar-refractivity contribution is 0.139. The van der Waals surface area contributed by atoms with Crippen LogP contribution < -0.4 is 16.0 Å². The van der Waals surface area contributed by atoms with Crippen molar-refractivity contribution >= 4 is 9.84 Å². The van der Waals surface area contributed by atoms with Gasteiger partial charge in [-0.05, 0) is 241 Å². The van der Waals surface area contributed by atoms with E-state index in [1.165, 1.54) is 67.1 Å². The van der Waals surface area contributed by atoms with Crippen LogP contribution in [-0.4, -0.2) is 124 Å². The summed E-state index contributed by atoms with van der Waals surface area (Å²) >= 11 is 0. The van der Waals surface area contributed by atoms with Crippen molar-refractivity contribution in [3.63, 3.8) is 0 Å². The van der Waals surface area contributed by atoms with Crippen molar-refractivity contribution in [1.29, 1.82) is 0 Å². The van der Waals surface area contributed by atoms with Gasteiger partial charge in [-0.1, -0.05) is 49.4 Å². The van der Waals surface area contributed by atoms with Crippen LogP contribution in [0.15, 0.2) is 158 Å². The van der Waals surface area contributed by atoms with Gasteiger partial charge in [-0.2, -0.15) is 0 Å². The summed E-state index contributed by atoms with van der Waals surface area (Å²) in [4.78, 5) is 32.0. The van der Waals surface area contributed by atoms with Crippen LogP contribution in [0.5, 0.6) is 0 Å². The Morgan fingerprint density at radius 3 is 1.53 bits per heavy atom. The predicted octanol–water partition coefficient (Wildman–Crippen LogP) is 14.9. The second-order valence-electron chi connectivity index (χ2n) is 27.6. The highest BCUT2D eigenvalue weighted by Crippen LogP contribution is 2.28. The summed E-state index contributed by atoms with van der Waals surface area (Å²) in [6.07, 6.45) is 16.5. The number of hydrogen-bond donors (Lipinski definition) is 3. The minimum atomic E-state index is -3.17. The van der Waals surface area contributed by atoms with E-state index in [1.807, 2.05) is 48.5 Å². The van der Waals surface area contributed by atoms with Crippen molar-refractivity contribution in [3.05, 3.63) is 250 Å². The molecule has 6 heterocycles. The number of sulfone groups is 1. The van der Waals surface area contributed by atoms with E-state index >= 15 is 0 Å². The lowest BCUT2D eigenvalue weighted by Crippen LogP contribution is -2.53. The fraction of sp³-hybridized carbons (Fsp3) is 0.407. The molecule has 5 atom stereocenters. The summed E-state index contributed by atoms with van der Waals surface area (Å²) in [6.45, 7) is 16.4. The number of halogens is 7. The highest BCUT2D eigenvalue weighted by atomic mass is 32.2. The van der Waals surface area contributed by atoms with E-state index in [4.69, 9.17) is 4.98 Å². The van der Waals surface area contributed by atoms with E-state index in [0.29, 0.717) is 128 Å². The molecular formula is C81H94F7N11O2S. The SMILES string of the molecule is CCN(Cc1ccc(F)c(-c2ccnc(CCCc3cc(F)cc(F)c3)n2)c1)C[C@H]1CCCNC1.CS(=O)(=O)C(Cc1cccc(-c2ccnc(CCCc3cc(F)cc(F)c3)n2)c1)C[C@H]1CCNC1.C[C@H]1CN(Cc2cccc(-c3ccnc(CCCc4cc(F)cc(F)c4)n3)c2)[C@@H](C)CN1. The van der Waals surface area contributed by atoms with Crippen molar-refractivity contribution in [3.8, 4) is 33.8 Å². The molecule has 3 aliphatic heterocycles. The Kier molecular flexibility index (Phi) is 28.4. The van der Waals surface area contributed by atoms with Gasteiger partial charge in [0.05, 0.1) is 22.3 Å². The van der Waals surface area contributed by atoms with Crippen LogP contribution >= 0.6 is 0 Å². The summed E-state index contributed by atoms with van der Waals surface area (Å²) in [5.41, 5.74) is 9.83. The molecule has 9 aromatic rings. The zero-order valence-electron chi connectivity index (χ0n) is 58.8. The fourth-order valence-electron chi connectivity index (χ4n) is 13.7. The molecule has 1 unspecified atom stereocenters. The molecule has 0 saturated carbocycles. The van der Waals surface area contributed by atoms with Gasteiger partial charge in [-0.25, -0.2) is 69.1 Å². The molecule has 540 valence electrons. The Hall–Kier alpha value is -8.18. The number of aromatic nitrogens is 6. The Balaban J connectivity index is 0.000000165. The molecule has 3 aromatic heterocycles. The topological polar surface area (TPSA) is 154 Å². The van der Waals surface area contributed by atoms with Crippen molar-refractivity contribution < 1.29 is 39.2 Å². The molecule has 3 N–H and O–H groups in total. The monoisotopic (exact) mass is 1420 g/mol. The molecule has 3 saturated heterocycles. The average Bonchev–Trinajstić information content (AvgIpc) is 1.18. The first kappa shape index (κ1) is 76.5. The second kappa shape index (κ2) is 37.8. The van der Waals surface area contributed by atoms with Crippen LogP contribution in [0.1, 0.15) is 117 Å². The normalized spacial score (nSPS) is 17.4. The van der Waals surface area contributed by atoms with Gasteiger partial charge < -0.3 is 16.0 Å². The molecule has 0 bridgehead atoms. The van der Waals surface area contributed by atoms with Gasteiger partial charge in [0.15, 0.2) is 9.84 Å². The van der Waals surface area contributed by atoms with Gasteiger partial charge in [0.25, 0.3) is 0 Å². The zero-order chi connectivity index (χ0) is 72.0. The average molecular weight is 1420 g/mol. The molecule has 6 aromatic carbocycles. The zero-order valence-corrected chi connectivity index (χ0v) is 59.6. The number of benzene rings is 6. The van der Waals surface area contributed by atoms with Crippen LogP contribution in [-0.2, 0) is 67.9 Å². The third kappa shape index (κ3) is 24.2. The molecule has 3 aliphatic rings. The predicted molar refractivity (Wildman–Crippen MR) is 389 cm³/mol. The van der Waals surface area contributed by atoms with Gasteiger partial charge in [0.1, 0.15) is 58.2 Å². The van der Waals surface area contributed by atoms with E-state index < -0.39 is 50.0 Å². The molecule has 21 heteroatoms. The number of rotatable bonds is 27. The third-order valence-corrected chi connectivity index (χ3v) is 20.7. The maximum absolute atomic E-state index is 14.8. The Labute approximate surface area is 596 Å². The van der Waals surface area contributed by atoms with Gasteiger partial charge in [-0.15, -0.1) is 0 Å². The van der Waals surface area contributed by atoms with E-state index in [2.05, 4.69) is 95.7 Å². The third-order valence-electron chi connectivity index (χ3n) is 19.1. The summed E-state index contributed by atoms with van der Waals surface area (Å²) < 4.78 is 120. The number of aryl methyl sites for hydroxylation is 6. The summed E-state index contributed by atoms with van der Waals surface area (Å²) in [6, 6.07) is 38.9. The van der Waals surface area contributed by atoms with Crippen LogP contribution in [0.4, 0.5) is 30.7 Å². The van der Waals surface area contributed by atoms with Crippen molar-refractivity contribution in [2.24, 2.45) is 11.8 Å². The molecule has 3 fully saturated rings. The molecule has 12 rings (SSSR count). The Morgan fingerprint density at radius 1 is 0.529 bits per heavy atom. The van der Waals surface area contributed by atoms with Crippen molar-refractivity contribution in [2.75, 3.05) is 58.6 Å².